The summed E-state index contributed by atoms with van der Waals surface area (Å²) in [6.45, 7) is 7.09. The molecule has 1 aliphatic rings. The Bertz CT molecular complexity index is 1180. The summed E-state index contributed by atoms with van der Waals surface area (Å²) < 4.78 is 18.3. The second-order valence-corrected chi connectivity index (χ2v) is 9.01. The van der Waals surface area contributed by atoms with E-state index >= 15 is 0 Å². The van der Waals surface area contributed by atoms with Crippen LogP contribution in [-0.2, 0) is 27.2 Å². The number of fused-ring (bicyclic) bond motifs is 1. The number of aromatic nitrogens is 1. The smallest absolute Gasteiger partial charge is 0.328 e. The van der Waals surface area contributed by atoms with Crippen LogP contribution in [0.2, 0.25) is 0 Å². The standard InChI is InChI=1S/C28H35N3O5/c1-20-25(27(32)29-23(28(33)35-3)19-21-9-5-4-6-10-21)22-11-7-12-24(34-2)26(22)31(20)14-8-13-30-15-17-36-18-16-30/h4-7,9-12,23H,8,13-19H2,1-3H3,(H,29,32)/t23-/m0/s1. The first-order valence-corrected chi connectivity index (χ1v) is 12.4. The number of nitrogens with one attached hydrogen (secondary N) is 1. The van der Waals surface area contributed by atoms with E-state index < -0.39 is 12.0 Å². The van der Waals surface area contributed by atoms with Crippen molar-refractivity contribution in [3.05, 3.63) is 65.4 Å². The van der Waals surface area contributed by atoms with Crippen LogP contribution in [-0.4, -0.2) is 74.5 Å². The quantitative estimate of drug-likeness (QED) is 0.437. The number of morpholine rings is 1. The molecule has 1 atom stereocenters. The van der Waals surface area contributed by atoms with Crippen molar-refractivity contribution in [1.29, 1.82) is 0 Å². The highest BCUT2D eigenvalue weighted by atomic mass is 16.5. The molecule has 0 bridgehead atoms. The molecule has 0 saturated carbocycles. The number of nitrogens with zero attached hydrogens (tertiary/aromatic N) is 2. The number of rotatable bonds is 10. The van der Waals surface area contributed by atoms with Crippen LogP contribution in [0.4, 0.5) is 0 Å². The van der Waals surface area contributed by atoms with E-state index in [4.69, 9.17) is 14.2 Å². The summed E-state index contributed by atoms with van der Waals surface area (Å²) in [5, 5.41) is 3.74. The summed E-state index contributed by atoms with van der Waals surface area (Å²) in [6.07, 6.45) is 1.28. The molecule has 8 nitrogen and oxygen atoms in total. The molecule has 192 valence electrons. The number of hydrogen-bond acceptors (Lipinski definition) is 6. The fourth-order valence-electron chi connectivity index (χ4n) is 4.92. The normalized spacial score (nSPS) is 15.0. The Hall–Kier alpha value is -3.36. The van der Waals surface area contributed by atoms with Gasteiger partial charge in [0, 0.05) is 43.7 Å². The van der Waals surface area contributed by atoms with Gasteiger partial charge in [0.1, 0.15) is 11.8 Å². The number of esters is 1. The summed E-state index contributed by atoms with van der Waals surface area (Å²) in [6, 6.07) is 14.5. The first-order chi connectivity index (χ1) is 17.5. The number of methoxy groups -OCH3 is 2. The van der Waals surface area contributed by atoms with Crippen LogP contribution in [0, 0.1) is 6.92 Å². The lowest BCUT2D eigenvalue weighted by Crippen LogP contribution is -2.43. The largest absolute Gasteiger partial charge is 0.495 e. The van der Waals surface area contributed by atoms with Crippen molar-refractivity contribution in [3.63, 3.8) is 0 Å². The number of ether oxygens (including phenoxy) is 3. The molecule has 2 aromatic carbocycles. The first-order valence-electron chi connectivity index (χ1n) is 12.4. The molecular weight excluding hydrogens is 458 g/mol. The maximum Gasteiger partial charge on any atom is 0.328 e. The minimum absolute atomic E-state index is 0.302. The van der Waals surface area contributed by atoms with Crippen LogP contribution >= 0.6 is 0 Å². The molecule has 0 aliphatic carbocycles. The van der Waals surface area contributed by atoms with Crippen molar-refractivity contribution in [2.24, 2.45) is 0 Å². The van der Waals surface area contributed by atoms with Gasteiger partial charge in [-0.05, 0) is 25.0 Å². The van der Waals surface area contributed by atoms with Crippen LogP contribution in [0.1, 0.15) is 28.0 Å². The minimum atomic E-state index is -0.797. The Labute approximate surface area is 212 Å². The number of amides is 1. The Morgan fingerprint density at radius 2 is 1.78 bits per heavy atom. The molecule has 0 spiro atoms. The van der Waals surface area contributed by atoms with Gasteiger partial charge in [0.05, 0.1) is 38.5 Å². The third-order valence-corrected chi connectivity index (χ3v) is 6.79. The third-order valence-electron chi connectivity index (χ3n) is 6.79. The van der Waals surface area contributed by atoms with E-state index in [1.54, 1.807) is 7.11 Å². The molecule has 1 fully saturated rings. The number of para-hydroxylation sites is 1. The number of carbonyl (C=O) groups is 2. The van der Waals surface area contributed by atoms with E-state index in [1.165, 1.54) is 7.11 Å². The van der Waals surface area contributed by atoms with Crippen molar-refractivity contribution >= 4 is 22.8 Å². The van der Waals surface area contributed by atoms with E-state index in [0.717, 1.165) is 73.7 Å². The highest BCUT2D eigenvalue weighted by Crippen LogP contribution is 2.33. The lowest BCUT2D eigenvalue weighted by Gasteiger charge is -2.26. The SMILES string of the molecule is COC(=O)[C@H](Cc1ccccc1)NC(=O)c1c(C)n(CCCN2CCOCC2)c2c(OC)cccc12. The summed E-state index contributed by atoms with van der Waals surface area (Å²) in [7, 11) is 2.98. The van der Waals surface area contributed by atoms with Gasteiger partial charge in [0.2, 0.25) is 0 Å². The predicted molar refractivity (Wildman–Crippen MR) is 139 cm³/mol. The maximum absolute atomic E-state index is 13.6. The Morgan fingerprint density at radius 1 is 1.03 bits per heavy atom. The second-order valence-electron chi connectivity index (χ2n) is 9.01. The lowest BCUT2D eigenvalue weighted by atomic mass is 10.0. The fourth-order valence-corrected chi connectivity index (χ4v) is 4.92. The molecule has 8 heteroatoms. The van der Waals surface area contributed by atoms with E-state index in [-0.39, 0.29) is 5.91 Å². The lowest BCUT2D eigenvalue weighted by molar-refractivity contribution is -0.142. The molecule has 0 unspecified atom stereocenters. The molecule has 0 radical (unpaired) electrons. The number of benzene rings is 2. The first kappa shape index (κ1) is 25.7. The highest BCUT2D eigenvalue weighted by Gasteiger charge is 2.27. The molecule has 36 heavy (non-hydrogen) atoms. The monoisotopic (exact) mass is 493 g/mol. The summed E-state index contributed by atoms with van der Waals surface area (Å²) in [5.41, 5.74) is 3.23. The van der Waals surface area contributed by atoms with Crippen molar-refractivity contribution in [2.75, 3.05) is 47.1 Å². The van der Waals surface area contributed by atoms with Gasteiger partial charge < -0.3 is 24.1 Å². The zero-order valence-corrected chi connectivity index (χ0v) is 21.3. The summed E-state index contributed by atoms with van der Waals surface area (Å²) in [5.74, 6) is -0.0597. The zero-order valence-electron chi connectivity index (χ0n) is 21.3. The Balaban J connectivity index is 1.61. The molecule has 1 amide bonds. The molecular formula is C28H35N3O5. The van der Waals surface area contributed by atoms with Gasteiger partial charge in [-0.1, -0.05) is 42.5 Å². The van der Waals surface area contributed by atoms with Gasteiger partial charge >= 0.3 is 5.97 Å². The van der Waals surface area contributed by atoms with Crippen molar-refractivity contribution in [2.45, 2.75) is 32.4 Å². The zero-order chi connectivity index (χ0) is 25.5. The maximum atomic E-state index is 13.6. The molecule has 1 N–H and O–H groups in total. The van der Waals surface area contributed by atoms with E-state index in [9.17, 15) is 9.59 Å². The molecule has 1 aromatic heterocycles. The Kier molecular flexibility index (Phi) is 8.61. The van der Waals surface area contributed by atoms with Crippen LogP contribution in [0.3, 0.4) is 0 Å². The Morgan fingerprint density at radius 3 is 2.47 bits per heavy atom. The van der Waals surface area contributed by atoms with Gasteiger partial charge in [-0.2, -0.15) is 0 Å². The predicted octanol–water partition coefficient (Wildman–Crippen LogP) is 3.19. The van der Waals surface area contributed by atoms with Crippen LogP contribution in [0.15, 0.2) is 48.5 Å². The fraction of sp³-hybridized carbons (Fsp3) is 0.429. The topological polar surface area (TPSA) is 82.0 Å². The molecule has 1 aliphatic heterocycles. The van der Waals surface area contributed by atoms with E-state index in [2.05, 4.69) is 14.8 Å². The summed E-state index contributed by atoms with van der Waals surface area (Å²) in [4.78, 5) is 28.6. The van der Waals surface area contributed by atoms with E-state index in [1.807, 2.05) is 55.5 Å². The van der Waals surface area contributed by atoms with Crippen molar-refractivity contribution in [1.82, 2.24) is 14.8 Å². The van der Waals surface area contributed by atoms with Crippen molar-refractivity contribution < 1.29 is 23.8 Å². The summed E-state index contributed by atoms with van der Waals surface area (Å²) >= 11 is 0. The van der Waals surface area contributed by atoms with Crippen LogP contribution in [0.25, 0.3) is 10.9 Å². The third kappa shape index (κ3) is 5.71. The average molecular weight is 494 g/mol. The second kappa shape index (κ2) is 12.1. The van der Waals surface area contributed by atoms with E-state index in [0.29, 0.717) is 12.0 Å². The molecule has 3 aromatic rings. The number of hydrogen-bond donors (Lipinski definition) is 1. The van der Waals surface area contributed by atoms with Gasteiger partial charge in [-0.15, -0.1) is 0 Å². The molecule has 1 saturated heterocycles. The average Bonchev–Trinajstić information content (AvgIpc) is 3.20. The van der Waals surface area contributed by atoms with Crippen molar-refractivity contribution in [3.8, 4) is 5.75 Å². The van der Waals surface area contributed by atoms with Gasteiger partial charge in [0.15, 0.2) is 0 Å². The van der Waals surface area contributed by atoms with Gasteiger partial charge in [-0.3, -0.25) is 9.69 Å². The number of aryl methyl sites for hydroxylation is 1. The van der Waals surface area contributed by atoms with Gasteiger partial charge in [0.25, 0.3) is 5.91 Å². The van der Waals surface area contributed by atoms with Crippen LogP contribution < -0.4 is 10.1 Å². The molecule has 2 heterocycles. The molecule has 4 rings (SSSR count). The van der Waals surface area contributed by atoms with Crippen LogP contribution in [0.5, 0.6) is 5.75 Å². The number of carbonyl (C=O) groups excluding carboxylic acids is 2. The minimum Gasteiger partial charge on any atom is -0.495 e. The highest BCUT2D eigenvalue weighted by molar-refractivity contribution is 6.10. The van der Waals surface area contributed by atoms with Gasteiger partial charge in [-0.25, -0.2) is 4.79 Å².